The Labute approximate surface area is 205 Å². The fourth-order valence-corrected chi connectivity index (χ4v) is 3.83. The fourth-order valence-electron chi connectivity index (χ4n) is 3.83. The van der Waals surface area contributed by atoms with E-state index in [-0.39, 0.29) is 11.8 Å². The molecule has 0 aliphatic carbocycles. The lowest BCUT2D eigenvalue weighted by Gasteiger charge is -2.35. The third-order valence-corrected chi connectivity index (χ3v) is 5.68. The van der Waals surface area contributed by atoms with Crippen molar-refractivity contribution in [1.29, 1.82) is 0 Å². The Morgan fingerprint density at radius 2 is 1.60 bits per heavy atom. The van der Waals surface area contributed by atoms with Crippen molar-refractivity contribution < 1.29 is 9.59 Å². The van der Waals surface area contributed by atoms with E-state index in [0.29, 0.717) is 50.9 Å². The number of nitrogens with one attached hydrogen (secondary N) is 2. The molecule has 1 saturated heterocycles. The van der Waals surface area contributed by atoms with Crippen LogP contribution in [-0.2, 0) is 9.59 Å². The van der Waals surface area contributed by atoms with Crippen LogP contribution in [-0.4, -0.2) is 66.0 Å². The maximum Gasteiger partial charge on any atom is 0.246 e. The Kier molecular flexibility index (Phi) is 8.06. The zero-order valence-electron chi connectivity index (χ0n) is 19.9. The van der Waals surface area contributed by atoms with E-state index in [1.807, 2.05) is 77.7 Å². The summed E-state index contributed by atoms with van der Waals surface area (Å²) in [4.78, 5) is 37.3. The van der Waals surface area contributed by atoms with Crippen molar-refractivity contribution in [1.82, 2.24) is 20.2 Å². The average Bonchev–Trinajstić information content (AvgIpc) is 2.90. The van der Waals surface area contributed by atoms with Crippen LogP contribution in [0.1, 0.15) is 12.5 Å². The van der Waals surface area contributed by atoms with E-state index in [1.165, 1.54) is 6.92 Å². The zero-order valence-corrected chi connectivity index (χ0v) is 19.9. The molecule has 8 nitrogen and oxygen atoms in total. The predicted molar refractivity (Wildman–Crippen MR) is 139 cm³/mol. The summed E-state index contributed by atoms with van der Waals surface area (Å²) in [6.45, 7) is 5.16. The Balaban J connectivity index is 1.43. The molecule has 0 radical (unpaired) electrons. The molecule has 2 N–H and O–H groups in total. The number of carbonyl (C=O) groups is 2. The van der Waals surface area contributed by atoms with Crippen molar-refractivity contribution in [2.24, 2.45) is 0 Å². The Hall–Kier alpha value is -4.20. The molecule has 2 aromatic carbocycles. The first-order valence-electron chi connectivity index (χ1n) is 11.8. The van der Waals surface area contributed by atoms with Gasteiger partial charge < -0.3 is 20.4 Å². The monoisotopic (exact) mass is 470 g/mol. The van der Waals surface area contributed by atoms with Gasteiger partial charge >= 0.3 is 0 Å². The molecule has 1 aliphatic heterocycles. The van der Waals surface area contributed by atoms with Gasteiger partial charge in [0.1, 0.15) is 11.6 Å². The van der Waals surface area contributed by atoms with Gasteiger partial charge in [-0.2, -0.15) is 0 Å². The lowest BCUT2D eigenvalue weighted by Crippen LogP contribution is -2.48. The summed E-state index contributed by atoms with van der Waals surface area (Å²) in [6, 6.07) is 21.6. The van der Waals surface area contributed by atoms with Gasteiger partial charge in [0.25, 0.3) is 0 Å². The summed E-state index contributed by atoms with van der Waals surface area (Å²) in [7, 11) is 0. The highest BCUT2D eigenvalue weighted by molar-refractivity contribution is 5.92. The standard InChI is InChI=1S/C27H30N6O2/c1-21(34)28-14-15-29-24-20-25(31-27(30-24)23-10-6-3-7-11-23)32-16-18-33(19-17-32)26(35)13-12-22-8-4-2-5-9-22/h2-13,20H,14-19H2,1H3,(H,28,34)(H,29,30,31). The lowest BCUT2D eigenvalue weighted by atomic mass is 10.2. The normalized spacial score (nSPS) is 13.6. The van der Waals surface area contributed by atoms with E-state index in [9.17, 15) is 9.59 Å². The molecular formula is C27H30N6O2. The van der Waals surface area contributed by atoms with Crippen molar-refractivity contribution in [2.75, 3.05) is 49.5 Å². The van der Waals surface area contributed by atoms with Gasteiger partial charge in [-0.1, -0.05) is 60.7 Å². The van der Waals surface area contributed by atoms with E-state index < -0.39 is 0 Å². The summed E-state index contributed by atoms with van der Waals surface area (Å²) in [5, 5.41) is 6.06. The molecule has 35 heavy (non-hydrogen) atoms. The molecule has 0 saturated carbocycles. The molecule has 0 atom stereocenters. The second-order valence-corrected chi connectivity index (χ2v) is 8.27. The maximum absolute atomic E-state index is 12.7. The van der Waals surface area contributed by atoms with Gasteiger partial charge in [0, 0.05) is 63.9 Å². The molecule has 180 valence electrons. The van der Waals surface area contributed by atoms with Crippen molar-refractivity contribution in [3.05, 3.63) is 78.4 Å². The van der Waals surface area contributed by atoms with Crippen LogP contribution in [0.2, 0.25) is 0 Å². The van der Waals surface area contributed by atoms with Crippen LogP contribution in [0.4, 0.5) is 11.6 Å². The number of carbonyl (C=O) groups excluding carboxylic acids is 2. The molecule has 3 aromatic rings. The summed E-state index contributed by atoms with van der Waals surface area (Å²) in [5.41, 5.74) is 1.94. The lowest BCUT2D eigenvalue weighted by molar-refractivity contribution is -0.126. The van der Waals surface area contributed by atoms with Gasteiger partial charge in [0.2, 0.25) is 11.8 Å². The van der Waals surface area contributed by atoms with Crippen LogP contribution in [0.15, 0.2) is 72.8 Å². The van der Waals surface area contributed by atoms with Crippen molar-refractivity contribution >= 4 is 29.5 Å². The van der Waals surface area contributed by atoms with E-state index in [4.69, 9.17) is 4.98 Å². The smallest absolute Gasteiger partial charge is 0.246 e. The second kappa shape index (κ2) is 11.8. The quantitative estimate of drug-likeness (QED) is 0.389. The summed E-state index contributed by atoms with van der Waals surface area (Å²) < 4.78 is 0. The molecule has 4 rings (SSSR count). The molecule has 0 bridgehead atoms. The largest absolute Gasteiger partial charge is 0.368 e. The second-order valence-electron chi connectivity index (χ2n) is 8.27. The molecular weight excluding hydrogens is 440 g/mol. The number of hydrogen-bond acceptors (Lipinski definition) is 6. The minimum atomic E-state index is -0.0637. The van der Waals surface area contributed by atoms with E-state index in [2.05, 4.69) is 20.5 Å². The van der Waals surface area contributed by atoms with Gasteiger partial charge in [-0.3, -0.25) is 9.59 Å². The molecule has 1 fully saturated rings. The minimum Gasteiger partial charge on any atom is -0.368 e. The molecule has 1 aliphatic rings. The van der Waals surface area contributed by atoms with Gasteiger partial charge in [-0.15, -0.1) is 0 Å². The molecule has 2 heterocycles. The van der Waals surface area contributed by atoms with Crippen molar-refractivity contribution in [3.63, 3.8) is 0 Å². The van der Waals surface area contributed by atoms with Gasteiger partial charge in [-0.25, -0.2) is 9.97 Å². The van der Waals surface area contributed by atoms with Gasteiger partial charge in [0.05, 0.1) is 0 Å². The molecule has 2 amide bonds. The van der Waals surface area contributed by atoms with E-state index in [0.717, 1.165) is 16.9 Å². The molecule has 0 spiro atoms. The van der Waals surface area contributed by atoms with E-state index >= 15 is 0 Å². The van der Waals surface area contributed by atoms with Crippen LogP contribution < -0.4 is 15.5 Å². The first-order chi connectivity index (χ1) is 17.1. The van der Waals surface area contributed by atoms with Crippen molar-refractivity contribution in [3.8, 4) is 11.4 Å². The Morgan fingerprint density at radius 1 is 0.914 bits per heavy atom. The number of aromatic nitrogens is 2. The molecule has 0 unspecified atom stereocenters. The zero-order chi connectivity index (χ0) is 24.5. The number of anilines is 2. The first-order valence-corrected chi connectivity index (χ1v) is 11.8. The van der Waals surface area contributed by atoms with Gasteiger partial charge in [0.15, 0.2) is 5.82 Å². The molecule has 1 aromatic heterocycles. The number of amides is 2. The average molecular weight is 471 g/mol. The topological polar surface area (TPSA) is 90.5 Å². The summed E-state index contributed by atoms with van der Waals surface area (Å²) in [5.74, 6) is 2.10. The Bertz CT molecular complexity index is 1160. The highest BCUT2D eigenvalue weighted by Crippen LogP contribution is 2.23. The number of piperazine rings is 1. The van der Waals surface area contributed by atoms with Crippen LogP contribution >= 0.6 is 0 Å². The number of nitrogens with zero attached hydrogens (tertiary/aromatic N) is 4. The summed E-state index contributed by atoms with van der Waals surface area (Å²) in [6.07, 6.45) is 3.49. The van der Waals surface area contributed by atoms with Gasteiger partial charge in [-0.05, 0) is 11.6 Å². The number of hydrogen-bond donors (Lipinski definition) is 2. The molecule has 8 heteroatoms. The van der Waals surface area contributed by atoms with Crippen LogP contribution in [0.3, 0.4) is 0 Å². The number of benzene rings is 2. The number of rotatable bonds is 8. The minimum absolute atomic E-state index is 0.0153. The third kappa shape index (κ3) is 6.89. The highest BCUT2D eigenvalue weighted by atomic mass is 16.2. The maximum atomic E-state index is 12.7. The fraction of sp³-hybridized carbons (Fsp3) is 0.259. The van der Waals surface area contributed by atoms with Crippen LogP contribution in [0, 0.1) is 0 Å². The van der Waals surface area contributed by atoms with Crippen LogP contribution in [0.25, 0.3) is 17.5 Å². The SMILES string of the molecule is CC(=O)NCCNc1cc(N2CCN(C(=O)C=Cc3ccccc3)CC2)nc(-c2ccccc2)n1. The van der Waals surface area contributed by atoms with Crippen molar-refractivity contribution in [2.45, 2.75) is 6.92 Å². The Morgan fingerprint density at radius 3 is 2.29 bits per heavy atom. The third-order valence-electron chi connectivity index (χ3n) is 5.68. The predicted octanol–water partition coefficient (Wildman–Crippen LogP) is 3.05. The summed E-state index contributed by atoms with van der Waals surface area (Å²) >= 11 is 0. The van der Waals surface area contributed by atoms with E-state index in [1.54, 1.807) is 6.08 Å². The first kappa shape index (κ1) is 23.9. The van der Waals surface area contributed by atoms with Crippen LogP contribution in [0.5, 0.6) is 0 Å². The highest BCUT2D eigenvalue weighted by Gasteiger charge is 2.22.